The van der Waals surface area contributed by atoms with Crippen LogP contribution in [0.15, 0.2) is 24.5 Å². The molecule has 33 heavy (non-hydrogen) atoms. The van der Waals surface area contributed by atoms with Gasteiger partial charge in [0.15, 0.2) is 0 Å². The number of aromatic nitrogens is 1. The predicted octanol–water partition coefficient (Wildman–Crippen LogP) is 1.91. The lowest BCUT2D eigenvalue weighted by atomic mass is 9.60. The smallest absolute Gasteiger partial charge is 0.315 e. The maximum absolute atomic E-state index is 15.2. The molecule has 1 aromatic heterocycles. The molecular formula is C23H30F2N6O2. The van der Waals surface area contributed by atoms with Crippen LogP contribution in [-0.2, 0) is 11.2 Å². The second-order valence-electron chi connectivity index (χ2n) is 9.62. The molecule has 1 unspecified atom stereocenters. The lowest BCUT2D eigenvalue weighted by Gasteiger charge is -2.62. The van der Waals surface area contributed by atoms with Crippen molar-refractivity contribution in [3.63, 3.8) is 0 Å². The fraction of sp³-hybridized carbons (Fsp3) is 0.652. The van der Waals surface area contributed by atoms with E-state index in [9.17, 15) is 9.59 Å². The largest absolute Gasteiger partial charge is 0.351 e. The Bertz CT molecular complexity index is 909. The molecule has 3 amide bonds. The van der Waals surface area contributed by atoms with Gasteiger partial charge in [-0.25, -0.2) is 13.6 Å². The zero-order valence-corrected chi connectivity index (χ0v) is 18.6. The van der Waals surface area contributed by atoms with Crippen LogP contribution < -0.4 is 11.1 Å². The molecule has 1 saturated carbocycles. The van der Waals surface area contributed by atoms with Crippen LogP contribution in [0, 0.1) is 22.7 Å². The van der Waals surface area contributed by atoms with Gasteiger partial charge in [-0.05, 0) is 50.4 Å². The summed E-state index contributed by atoms with van der Waals surface area (Å²) >= 11 is 0. The van der Waals surface area contributed by atoms with E-state index in [2.05, 4.69) is 15.2 Å². The second kappa shape index (κ2) is 9.21. The van der Waals surface area contributed by atoms with Crippen LogP contribution in [0.4, 0.5) is 13.6 Å². The van der Waals surface area contributed by atoms with E-state index in [0.717, 1.165) is 25.9 Å². The summed E-state index contributed by atoms with van der Waals surface area (Å²) in [5, 5.41) is 11.3. The Kier molecular flexibility index (Phi) is 6.52. The van der Waals surface area contributed by atoms with Crippen LogP contribution in [-0.4, -0.2) is 70.9 Å². The Balaban J connectivity index is 1.57. The first-order valence-corrected chi connectivity index (χ1v) is 11.5. The zero-order valence-electron chi connectivity index (χ0n) is 18.6. The molecule has 8 nitrogen and oxygen atoms in total. The third-order valence-electron chi connectivity index (χ3n) is 7.35. The fourth-order valence-corrected chi connectivity index (χ4v) is 5.64. The second-order valence-corrected chi connectivity index (χ2v) is 9.62. The first kappa shape index (κ1) is 23.4. The molecule has 2 aliphatic heterocycles. The number of likely N-dealkylation sites (tertiary alicyclic amines) is 2. The van der Waals surface area contributed by atoms with E-state index in [1.54, 1.807) is 12.1 Å². The van der Waals surface area contributed by atoms with E-state index in [1.807, 2.05) is 6.07 Å². The van der Waals surface area contributed by atoms with Crippen molar-refractivity contribution in [3.8, 4) is 6.07 Å². The molecular weight excluding hydrogens is 430 g/mol. The maximum atomic E-state index is 15.2. The van der Waals surface area contributed by atoms with Crippen molar-refractivity contribution in [2.24, 2.45) is 17.1 Å². The molecule has 1 aromatic rings. The summed E-state index contributed by atoms with van der Waals surface area (Å²) in [7, 11) is 0. The van der Waals surface area contributed by atoms with E-state index in [-0.39, 0.29) is 6.54 Å². The van der Waals surface area contributed by atoms with Gasteiger partial charge in [0, 0.05) is 43.2 Å². The summed E-state index contributed by atoms with van der Waals surface area (Å²) in [4.78, 5) is 32.9. The van der Waals surface area contributed by atoms with Crippen LogP contribution in [0.25, 0.3) is 0 Å². The summed E-state index contributed by atoms with van der Waals surface area (Å²) in [6.07, 6.45) is 5.43. The van der Waals surface area contributed by atoms with E-state index >= 15 is 8.78 Å². The molecule has 4 rings (SSSR count). The highest BCUT2D eigenvalue weighted by Gasteiger charge is 2.60. The highest BCUT2D eigenvalue weighted by atomic mass is 19.3. The first-order chi connectivity index (χ1) is 15.7. The molecule has 0 aromatic carbocycles. The molecule has 2 saturated heterocycles. The van der Waals surface area contributed by atoms with Crippen molar-refractivity contribution in [1.82, 2.24) is 20.1 Å². The van der Waals surface area contributed by atoms with E-state index in [0.29, 0.717) is 18.2 Å². The monoisotopic (exact) mass is 460 g/mol. The molecule has 3 aliphatic rings. The number of urea groups is 1. The van der Waals surface area contributed by atoms with Crippen molar-refractivity contribution < 1.29 is 18.4 Å². The molecule has 3 fully saturated rings. The summed E-state index contributed by atoms with van der Waals surface area (Å²) in [6.45, 7) is 1.75. The molecule has 0 radical (unpaired) electrons. The van der Waals surface area contributed by atoms with Crippen molar-refractivity contribution in [3.05, 3.63) is 30.1 Å². The molecule has 3 heterocycles. The van der Waals surface area contributed by atoms with E-state index < -0.39 is 48.1 Å². The van der Waals surface area contributed by atoms with Crippen molar-refractivity contribution in [2.45, 2.75) is 56.5 Å². The molecule has 1 aliphatic carbocycles. The van der Waals surface area contributed by atoms with Crippen LogP contribution in [0.5, 0.6) is 0 Å². The molecule has 2 atom stereocenters. The molecule has 3 N–H and O–H groups in total. The Morgan fingerprint density at radius 2 is 2.09 bits per heavy atom. The van der Waals surface area contributed by atoms with Crippen molar-refractivity contribution in [2.75, 3.05) is 26.2 Å². The quantitative estimate of drug-likeness (QED) is 0.575. The van der Waals surface area contributed by atoms with Crippen LogP contribution in [0.3, 0.4) is 0 Å². The average molecular weight is 461 g/mol. The van der Waals surface area contributed by atoms with Gasteiger partial charge >= 0.3 is 6.03 Å². The molecule has 178 valence electrons. The minimum absolute atomic E-state index is 0.282. The van der Waals surface area contributed by atoms with Gasteiger partial charge < -0.3 is 20.9 Å². The summed E-state index contributed by atoms with van der Waals surface area (Å²) in [5.74, 6) is -5.01. The van der Waals surface area contributed by atoms with Gasteiger partial charge in [0.2, 0.25) is 5.91 Å². The molecule has 10 heteroatoms. The Labute approximate surface area is 192 Å². The standard InChI is InChI=1S/C23H30F2N6O2/c24-23(25,12-16-2-1-8-28-14-16)13-18(20(32)29-9-7-26)19-22(15-31(19)21(27)33)5-10-30(11-6-22)17-3-4-17/h1-2,8,14,17-19H,3-6,9-13,15H2,(H2,27,33)(H,29,32)/t18-,19?/m0/s1. The third-order valence-corrected chi connectivity index (χ3v) is 7.35. The van der Waals surface area contributed by atoms with Crippen LogP contribution in [0.1, 0.15) is 37.7 Å². The number of nitrogens with two attached hydrogens (primary N) is 1. The number of piperidine rings is 1. The number of pyridine rings is 1. The Hall–Kier alpha value is -2.80. The van der Waals surface area contributed by atoms with Gasteiger partial charge in [0.05, 0.1) is 18.0 Å². The fourth-order valence-electron chi connectivity index (χ4n) is 5.64. The van der Waals surface area contributed by atoms with Gasteiger partial charge in [-0.1, -0.05) is 6.07 Å². The maximum Gasteiger partial charge on any atom is 0.315 e. The topological polar surface area (TPSA) is 115 Å². The summed E-state index contributed by atoms with van der Waals surface area (Å²) in [6, 6.07) is 4.17. The molecule has 0 bridgehead atoms. The van der Waals surface area contributed by atoms with E-state index in [1.165, 1.54) is 30.1 Å². The normalized spacial score (nSPS) is 23.4. The van der Waals surface area contributed by atoms with Crippen LogP contribution in [0.2, 0.25) is 0 Å². The number of hydrogen-bond acceptors (Lipinski definition) is 5. The van der Waals surface area contributed by atoms with Gasteiger partial charge in [-0.3, -0.25) is 9.78 Å². The number of amides is 3. The lowest BCUT2D eigenvalue weighted by molar-refractivity contribution is -0.152. The number of nitriles is 1. The van der Waals surface area contributed by atoms with Gasteiger partial charge in [-0.2, -0.15) is 5.26 Å². The lowest BCUT2D eigenvalue weighted by Crippen LogP contribution is -2.73. The minimum Gasteiger partial charge on any atom is -0.351 e. The average Bonchev–Trinajstić information content (AvgIpc) is 3.61. The highest BCUT2D eigenvalue weighted by molar-refractivity contribution is 5.82. The molecule has 1 spiro atoms. The zero-order chi connectivity index (χ0) is 23.6. The number of nitrogens with zero attached hydrogens (tertiary/aromatic N) is 4. The number of hydrogen-bond donors (Lipinski definition) is 2. The highest BCUT2D eigenvalue weighted by Crippen LogP contribution is 2.52. The number of halogens is 2. The van der Waals surface area contributed by atoms with Gasteiger partial charge in [-0.15, -0.1) is 0 Å². The predicted molar refractivity (Wildman–Crippen MR) is 116 cm³/mol. The number of alkyl halides is 2. The SMILES string of the molecule is N#CCNC(=O)[C@@H](CC(F)(F)Cc1cccnc1)C1N(C(N)=O)CC12CCN(C1CC1)CC2. The number of primary amides is 1. The first-order valence-electron chi connectivity index (χ1n) is 11.5. The van der Waals surface area contributed by atoms with Gasteiger partial charge in [0.1, 0.15) is 6.54 Å². The van der Waals surface area contributed by atoms with Crippen LogP contribution >= 0.6 is 0 Å². The van der Waals surface area contributed by atoms with Gasteiger partial charge in [0.25, 0.3) is 5.92 Å². The summed E-state index contributed by atoms with van der Waals surface area (Å²) < 4.78 is 30.4. The van der Waals surface area contributed by atoms with E-state index in [4.69, 9.17) is 11.0 Å². The number of nitrogens with one attached hydrogen (secondary N) is 1. The Morgan fingerprint density at radius 1 is 1.36 bits per heavy atom. The van der Waals surface area contributed by atoms with Crippen molar-refractivity contribution in [1.29, 1.82) is 5.26 Å². The number of carbonyl (C=O) groups excluding carboxylic acids is 2. The minimum atomic E-state index is -3.20. The third kappa shape index (κ3) is 5.08. The Morgan fingerprint density at radius 3 is 2.67 bits per heavy atom. The number of rotatable bonds is 8. The summed E-state index contributed by atoms with van der Waals surface area (Å²) in [5.41, 5.74) is 5.54. The van der Waals surface area contributed by atoms with Crippen molar-refractivity contribution >= 4 is 11.9 Å². The number of carbonyl (C=O) groups is 2.